The van der Waals surface area contributed by atoms with Gasteiger partial charge in [-0.3, -0.25) is 4.79 Å². The number of ether oxygens (including phenoxy) is 1. The molecule has 1 unspecified atom stereocenters. The Kier molecular flexibility index (Phi) is 4.13. The van der Waals surface area contributed by atoms with E-state index in [-0.39, 0.29) is 18.1 Å². The third-order valence-electron chi connectivity index (χ3n) is 4.62. The number of rotatable bonds is 3. The fourth-order valence-electron chi connectivity index (χ4n) is 3.26. The van der Waals surface area contributed by atoms with Gasteiger partial charge in [0.2, 0.25) is 0 Å². The molecule has 1 aliphatic rings. The first-order valence-electron chi connectivity index (χ1n) is 8.36. The zero-order chi connectivity index (χ0) is 17.4. The Bertz CT molecular complexity index is 1010. The van der Waals surface area contributed by atoms with Crippen molar-refractivity contribution in [2.24, 2.45) is 5.92 Å². The van der Waals surface area contributed by atoms with Crippen molar-refractivity contribution in [2.75, 3.05) is 0 Å². The van der Waals surface area contributed by atoms with Crippen molar-refractivity contribution in [3.05, 3.63) is 61.8 Å². The lowest BCUT2D eigenvalue weighted by Crippen LogP contribution is -2.16. The number of benzene rings is 1. The van der Waals surface area contributed by atoms with Crippen LogP contribution in [0.2, 0.25) is 0 Å². The van der Waals surface area contributed by atoms with Gasteiger partial charge in [-0.2, -0.15) is 0 Å². The Hall–Kier alpha value is -2.47. The van der Waals surface area contributed by atoms with Gasteiger partial charge in [0.15, 0.2) is 0 Å². The predicted octanol–water partition coefficient (Wildman–Crippen LogP) is 3.47. The molecule has 0 spiro atoms. The van der Waals surface area contributed by atoms with Gasteiger partial charge < -0.3 is 9.72 Å². The number of nitrogens with zero attached hydrogens (tertiary/aromatic N) is 1. The third kappa shape index (κ3) is 3.09. The molecule has 0 aliphatic heterocycles. The SMILES string of the molecule is CC1CCc2c(C(=O)OCc3nc4ccccc4c(=O)[nH]3)csc2C1. The minimum Gasteiger partial charge on any atom is -0.454 e. The van der Waals surface area contributed by atoms with Crippen molar-refractivity contribution in [1.82, 2.24) is 9.97 Å². The van der Waals surface area contributed by atoms with Crippen molar-refractivity contribution in [2.45, 2.75) is 32.8 Å². The van der Waals surface area contributed by atoms with Crippen LogP contribution < -0.4 is 5.56 Å². The van der Waals surface area contributed by atoms with E-state index in [2.05, 4.69) is 16.9 Å². The van der Waals surface area contributed by atoms with Gasteiger partial charge in [-0.05, 0) is 42.9 Å². The van der Waals surface area contributed by atoms with Crippen molar-refractivity contribution >= 4 is 28.2 Å². The molecule has 0 radical (unpaired) electrons. The second-order valence-electron chi connectivity index (χ2n) is 6.50. The van der Waals surface area contributed by atoms with Crippen LogP contribution in [0.1, 0.15) is 40.0 Å². The Morgan fingerprint density at radius 2 is 2.24 bits per heavy atom. The van der Waals surface area contributed by atoms with E-state index in [1.54, 1.807) is 29.5 Å². The third-order valence-corrected chi connectivity index (χ3v) is 5.67. The molecule has 128 valence electrons. The topological polar surface area (TPSA) is 72.0 Å². The molecule has 2 aromatic heterocycles. The number of hydrogen-bond donors (Lipinski definition) is 1. The van der Waals surface area contributed by atoms with E-state index in [1.165, 1.54) is 4.88 Å². The van der Waals surface area contributed by atoms with E-state index in [1.807, 2.05) is 11.4 Å². The molecule has 1 aromatic carbocycles. The van der Waals surface area contributed by atoms with Crippen LogP contribution >= 0.6 is 11.3 Å². The van der Waals surface area contributed by atoms with Crippen molar-refractivity contribution < 1.29 is 9.53 Å². The monoisotopic (exact) mass is 354 g/mol. The highest BCUT2D eigenvalue weighted by Gasteiger charge is 2.24. The minimum atomic E-state index is -0.345. The zero-order valence-corrected chi connectivity index (χ0v) is 14.7. The Morgan fingerprint density at radius 3 is 3.12 bits per heavy atom. The number of carbonyl (C=O) groups excluding carboxylic acids is 1. The summed E-state index contributed by atoms with van der Waals surface area (Å²) in [4.78, 5) is 32.8. The summed E-state index contributed by atoms with van der Waals surface area (Å²) in [7, 11) is 0. The van der Waals surface area contributed by atoms with E-state index >= 15 is 0 Å². The van der Waals surface area contributed by atoms with Crippen LogP contribution in [0.4, 0.5) is 0 Å². The molecule has 5 nitrogen and oxygen atoms in total. The molecule has 6 heteroatoms. The maximum atomic E-state index is 12.4. The fraction of sp³-hybridized carbons (Fsp3) is 0.316. The highest BCUT2D eigenvalue weighted by atomic mass is 32.1. The summed E-state index contributed by atoms with van der Waals surface area (Å²) >= 11 is 1.64. The first kappa shape index (κ1) is 16.0. The summed E-state index contributed by atoms with van der Waals surface area (Å²) in [6.45, 7) is 2.20. The quantitative estimate of drug-likeness (QED) is 0.731. The fourth-order valence-corrected chi connectivity index (χ4v) is 4.50. The zero-order valence-electron chi connectivity index (χ0n) is 13.9. The minimum absolute atomic E-state index is 0.0417. The lowest BCUT2D eigenvalue weighted by molar-refractivity contribution is 0.0461. The van der Waals surface area contributed by atoms with Gasteiger partial charge in [0.25, 0.3) is 5.56 Å². The van der Waals surface area contributed by atoms with Crippen LogP contribution in [0.25, 0.3) is 10.9 Å². The largest absolute Gasteiger partial charge is 0.454 e. The summed E-state index contributed by atoms with van der Waals surface area (Å²) in [6, 6.07) is 7.10. The van der Waals surface area contributed by atoms with Crippen molar-refractivity contribution in [3.63, 3.8) is 0 Å². The Balaban J connectivity index is 1.52. The van der Waals surface area contributed by atoms with Crippen LogP contribution in [-0.2, 0) is 24.2 Å². The summed E-state index contributed by atoms with van der Waals surface area (Å²) in [6.07, 6.45) is 3.06. The molecule has 0 saturated carbocycles. The average molecular weight is 354 g/mol. The van der Waals surface area contributed by atoms with E-state index in [4.69, 9.17) is 4.74 Å². The number of nitrogens with one attached hydrogen (secondary N) is 1. The number of aromatic amines is 1. The number of esters is 1. The van der Waals surface area contributed by atoms with E-state index < -0.39 is 0 Å². The van der Waals surface area contributed by atoms with Gasteiger partial charge in [-0.25, -0.2) is 9.78 Å². The van der Waals surface area contributed by atoms with Crippen LogP contribution in [0.3, 0.4) is 0 Å². The molecule has 0 fully saturated rings. The van der Waals surface area contributed by atoms with E-state index in [9.17, 15) is 9.59 Å². The number of aromatic nitrogens is 2. The summed E-state index contributed by atoms with van der Waals surface area (Å²) < 4.78 is 5.40. The Morgan fingerprint density at radius 1 is 1.40 bits per heavy atom. The van der Waals surface area contributed by atoms with Gasteiger partial charge in [0, 0.05) is 10.3 Å². The van der Waals surface area contributed by atoms with Crippen LogP contribution in [-0.4, -0.2) is 15.9 Å². The molecule has 0 saturated heterocycles. The number of hydrogen-bond acceptors (Lipinski definition) is 5. The second kappa shape index (κ2) is 6.44. The Labute approximate surface area is 148 Å². The number of H-pyrrole nitrogens is 1. The summed E-state index contributed by atoms with van der Waals surface area (Å²) in [5.41, 5.74) is 2.17. The highest BCUT2D eigenvalue weighted by molar-refractivity contribution is 7.10. The van der Waals surface area contributed by atoms with Gasteiger partial charge in [-0.15, -0.1) is 11.3 Å². The van der Waals surface area contributed by atoms with Crippen molar-refractivity contribution in [3.8, 4) is 0 Å². The average Bonchev–Trinajstić information content (AvgIpc) is 3.03. The van der Waals surface area contributed by atoms with Gasteiger partial charge in [0.05, 0.1) is 16.5 Å². The maximum Gasteiger partial charge on any atom is 0.339 e. The highest BCUT2D eigenvalue weighted by Crippen LogP contribution is 2.33. The van der Waals surface area contributed by atoms with E-state index in [0.717, 1.165) is 24.8 Å². The number of para-hydroxylation sites is 1. The first-order chi connectivity index (χ1) is 12.1. The van der Waals surface area contributed by atoms with E-state index in [0.29, 0.717) is 28.2 Å². The molecule has 1 aliphatic carbocycles. The number of thiophene rings is 1. The number of carbonyl (C=O) groups is 1. The molecule has 25 heavy (non-hydrogen) atoms. The van der Waals surface area contributed by atoms with Crippen molar-refractivity contribution in [1.29, 1.82) is 0 Å². The van der Waals surface area contributed by atoms with Crippen LogP contribution in [0.5, 0.6) is 0 Å². The normalized spacial score (nSPS) is 16.6. The molecule has 1 atom stereocenters. The summed E-state index contributed by atoms with van der Waals surface area (Å²) in [5.74, 6) is 0.680. The standard InChI is InChI=1S/C19H18N2O3S/c1-11-6-7-12-14(10-25-16(12)8-11)19(23)24-9-17-20-15-5-3-2-4-13(15)18(22)21-17/h2-5,10-11H,6-9H2,1H3,(H,20,21,22). The summed E-state index contributed by atoms with van der Waals surface area (Å²) in [5, 5.41) is 2.42. The second-order valence-corrected chi connectivity index (χ2v) is 7.47. The molecule has 0 amide bonds. The first-order valence-corrected chi connectivity index (χ1v) is 9.24. The molecule has 2 heterocycles. The molecule has 3 aromatic rings. The molecular formula is C19H18N2O3S. The molecule has 0 bridgehead atoms. The molecule has 4 rings (SSSR count). The number of fused-ring (bicyclic) bond motifs is 2. The van der Waals surface area contributed by atoms with Gasteiger partial charge >= 0.3 is 5.97 Å². The van der Waals surface area contributed by atoms with Crippen LogP contribution in [0, 0.1) is 5.92 Å². The smallest absolute Gasteiger partial charge is 0.339 e. The van der Waals surface area contributed by atoms with Crippen LogP contribution in [0.15, 0.2) is 34.4 Å². The molecular weight excluding hydrogens is 336 g/mol. The lowest BCUT2D eigenvalue weighted by Gasteiger charge is -2.18. The predicted molar refractivity (Wildman–Crippen MR) is 97.0 cm³/mol. The molecule has 1 N–H and O–H groups in total. The van der Waals surface area contributed by atoms with Gasteiger partial charge in [0.1, 0.15) is 12.4 Å². The van der Waals surface area contributed by atoms with Gasteiger partial charge in [-0.1, -0.05) is 19.1 Å². The lowest BCUT2D eigenvalue weighted by atomic mass is 9.88. The maximum absolute atomic E-state index is 12.4.